The van der Waals surface area contributed by atoms with Gasteiger partial charge >= 0.3 is 0 Å². The van der Waals surface area contributed by atoms with Crippen LogP contribution in [0.25, 0.3) is 0 Å². The molecule has 7 nitrogen and oxygen atoms in total. The molecule has 0 aromatic carbocycles. The number of H-pyrrole nitrogens is 1. The number of nitrogens with one attached hydrogen (secondary N) is 1. The average Bonchev–Trinajstić information content (AvgIpc) is 3.30. The summed E-state index contributed by atoms with van der Waals surface area (Å²) < 4.78 is 26.6. The molecule has 1 fully saturated rings. The number of nitrogens with zero attached hydrogens (tertiary/aromatic N) is 2. The third-order valence-electron chi connectivity index (χ3n) is 5.11. The summed E-state index contributed by atoms with van der Waals surface area (Å²) in [7, 11) is -3.50. The molecule has 1 saturated heterocycles. The molecule has 1 aliphatic rings. The first kappa shape index (κ1) is 21.7. The molecule has 0 bridgehead atoms. The van der Waals surface area contributed by atoms with Gasteiger partial charge in [0.2, 0.25) is 10.0 Å². The van der Waals surface area contributed by atoms with Crippen molar-refractivity contribution in [3.8, 4) is 0 Å². The largest absolute Gasteiger partial charge is 0.355 e. The molecule has 1 aliphatic heterocycles. The monoisotopic (exact) mass is 435 g/mol. The van der Waals surface area contributed by atoms with E-state index in [1.165, 1.54) is 35.3 Å². The third-order valence-corrected chi connectivity index (χ3v) is 8.05. The van der Waals surface area contributed by atoms with Gasteiger partial charge in [0.15, 0.2) is 11.6 Å². The number of hydrogen-bond acceptors (Lipinski definition) is 6. The lowest BCUT2D eigenvalue weighted by Gasteiger charge is -2.15. The molecule has 0 spiro atoms. The second kappa shape index (κ2) is 8.41. The van der Waals surface area contributed by atoms with E-state index in [4.69, 9.17) is 0 Å². The predicted octanol–water partition coefficient (Wildman–Crippen LogP) is 3.38. The summed E-state index contributed by atoms with van der Waals surface area (Å²) in [6.45, 7) is 7.88. The number of Topliss-reactive ketones (excluding diaryl/α,β-unsaturated/α-hetero) is 2. The van der Waals surface area contributed by atoms with Crippen molar-refractivity contribution >= 4 is 33.4 Å². The summed E-state index contributed by atoms with van der Waals surface area (Å²) in [5, 5.41) is 0.124. The number of pyridine rings is 1. The number of ketones is 2. The molecule has 156 valence electrons. The highest BCUT2D eigenvalue weighted by molar-refractivity contribution is 8.00. The topological polar surface area (TPSA) is 100 Å². The van der Waals surface area contributed by atoms with Crippen LogP contribution in [-0.2, 0) is 10.0 Å². The van der Waals surface area contributed by atoms with E-state index in [1.54, 1.807) is 26.8 Å². The minimum absolute atomic E-state index is 0.0768. The summed E-state index contributed by atoms with van der Waals surface area (Å²) in [5.41, 5.74) is 2.33. The van der Waals surface area contributed by atoms with Crippen molar-refractivity contribution in [3.05, 3.63) is 40.8 Å². The Morgan fingerprint density at radius 3 is 2.38 bits per heavy atom. The van der Waals surface area contributed by atoms with E-state index in [9.17, 15) is 18.0 Å². The van der Waals surface area contributed by atoms with E-state index >= 15 is 0 Å². The van der Waals surface area contributed by atoms with Crippen molar-refractivity contribution in [3.63, 3.8) is 0 Å². The second-order valence-electron chi connectivity index (χ2n) is 7.25. The molecule has 0 aliphatic carbocycles. The second-order valence-corrected chi connectivity index (χ2v) is 10.5. The molecule has 2 aromatic rings. The zero-order chi connectivity index (χ0) is 21.3. The van der Waals surface area contributed by atoms with E-state index < -0.39 is 15.3 Å². The van der Waals surface area contributed by atoms with Crippen LogP contribution in [0, 0.1) is 13.8 Å². The summed E-state index contributed by atoms with van der Waals surface area (Å²) in [4.78, 5) is 32.1. The maximum atomic E-state index is 12.9. The van der Waals surface area contributed by atoms with Gasteiger partial charge in [-0.25, -0.2) is 13.4 Å². The molecule has 1 atom stereocenters. The highest BCUT2D eigenvalue weighted by atomic mass is 32.2. The summed E-state index contributed by atoms with van der Waals surface area (Å²) >= 11 is 1.26. The minimum atomic E-state index is -3.50. The predicted molar refractivity (Wildman–Crippen MR) is 112 cm³/mol. The fourth-order valence-electron chi connectivity index (χ4n) is 3.63. The van der Waals surface area contributed by atoms with Crippen LogP contribution in [0.15, 0.2) is 28.3 Å². The Labute approximate surface area is 175 Å². The SMILES string of the molecule is CC(=O)c1c(C)[nH]c(C(=O)C(C)Sc2ccc(S(=O)(=O)N3CCCC3)cn2)c1C. The molecule has 3 rings (SSSR count). The molecule has 0 radical (unpaired) electrons. The van der Waals surface area contributed by atoms with Gasteiger partial charge in [0, 0.05) is 30.5 Å². The van der Waals surface area contributed by atoms with Crippen LogP contribution in [0.2, 0.25) is 0 Å². The zero-order valence-corrected chi connectivity index (χ0v) is 18.6. The van der Waals surface area contributed by atoms with Gasteiger partial charge in [-0.05, 0) is 58.2 Å². The first-order valence-electron chi connectivity index (χ1n) is 9.50. The van der Waals surface area contributed by atoms with E-state index in [2.05, 4.69) is 9.97 Å². The zero-order valence-electron chi connectivity index (χ0n) is 17.0. The standard InChI is InChI=1S/C20H25N3O4S2/c1-12-18(14(3)24)13(2)22-19(12)20(25)15(4)28-17-8-7-16(11-21-17)29(26,27)23-9-5-6-10-23/h7-8,11,15,22H,5-6,9-10H2,1-4H3. The lowest BCUT2D eigenvalue weighted by atomic mass is 10.0. The number of aromatic amines is 1. The smallest absolute Gasteiger partial charge is 0.244 e. The Balaban J connectivity index is 1.74. The van der Waals surface area contributed by atoms with Gasteiger partial charge in [-0.3, -0.25) is 9.59 Å². The lowest BCUT2D eigenvalue weighted by molar-refractivity contribution is 0.0988. The van der Waals surface area contributed by atoms with E-state index in [1.807, 2.05) is 0 Å². The Morgan fingerprint density at radius 2 is 1.86 bits per heavy atom. The number of aryl methyl sites for hydroxylation is 1. The molecule has 0 saturated carbocycles. The third kappa shape index (κ3) is 4.31. The van der Waals surface area contributed by atoms with Crippen LogP contribution in [0.5, 0.6) is 0 Å². The van der Waals surface area contributed by atoms with Crippen molar-refractivity contribution in [1.82, 2.24) is 14.3 Å². The lowest BCUT2D eigenvalue weighted by Crippen LogP contribution is -2.27. The molecule has 29 heavy (non-hydrogen) atoms. The highest BCUT2D eigenvalue weighted by Gasteiger charge is 2.28. The number of sulfonamides is 1. The normalized spacial score (nSPS) is 16.1. The Morgan fingerprint density at radius 1 is 1.21 bits per heavy atom. The maximum Gasteiger partial charge on any atom is 0.244 e. The number of carbonyl (C=O) groups is 2. The maximum absolute atomic E-state index is 12.9. The molecule has 1 unspecified atom stereocenters. The summed E-state index contributed by atoms with van der Waals surface area (Å²) in [6.07, 6.45) is 3.11. The van der Waals surface area contributed by atoms with E-state index in [0.717, 1.165) is 12.8 Å². The van der Waals surface area contributed by atoms with Gasteiger partial charge in [-0.1, -0.05) is 11.8 Å². The highest BCUT2D eigenvalue weighted by Crippen LogP contribution is 2.28. The van der Waals surface area contributed by atoms with Gasteiger partial charge in [-0.15, -0.1) is 0 Å². The van der Waals surface area contributed by atoms with Gasteiger partial charge in [0.1, 0.15) is 4.90 Å². The Bertz CT molecular complexity index is 1040. The molecule has 3 heterocycles. The van der Waals surface area contributed by atoms with Crippen molar-refractivity contribution in [2.75, 3.05) is 13.1 Å². The number of thioether (sulfide) groups is 1. The molecular weight excluding hydrogens is 410 g/mol. The molecule has 0 amide bonds. The van der Waals surface area contributed by atoms with Crippen LogP contribution in [0.1, 0.15) is 58.8 Å². The molecule has 2 aromatic heterocycles. The number of aromatic nitrogens is 2. The van der Waals surface area contributed by atoms with Crippen molar-refractivity contribution in [2.45, 2.75) is 55.7 Å². The van der Waals surface area contributed by atoms with Gasteiger partial charge in [0.25, 0.3) is 0 Å². The first-order chi connectivity index (χ1) is 13.6. The first-order valence-corrected chi connectivity index (χ1v) is 11.8. The quantitative estimate of drug-likeness (QED) is 0.529. The molecule has 1 N–H and O–H groups in total. The fraction of sp³-hybridized carbons (Fsp3) is 0.450. The van der Waals surface area contributed by atoms with Gasteiger partial charge < -0.3 is 4.98 Å². The van der Waals surface area contributed by atoms with Crippen molar-refractivity contribution in [2.24, 2.45) is 0 Å². The minimum Gasteiger partial charge on any atom is -0.355 e. The van der Waals surface area contributed by atoms with Crippen molar-refractivity contribution < 1.29 is 18.0 Å². The Kier molecular flexibility index (Phi) is 6.30. The summed E-state index contributed by atoms with van der Waals surface area (Å²) in [6, 6.07) is 3.17. The van der Waals surface area contributed by atoms with Gasteiger partial charge in [-0.2, -0.15) is 4.31 Å². The molecular formula is C20H25N3O4S2. The summed E-state index contributed by atoms with van der Waals surface area (Å²) in [5.74, 6) is -0.203. The van der Waals surface area contributed by atoms with E-state index in [-0.39, 0.29) is 16.5 Å². The van der Waals surface area contributed by atoms with Crippen LogP contribution in [0.3, 0.4) is 0 Å². The Hall–Kier alpha value is -1.97. The number of hydrogen-bond donors (Lipinski definition) is 1. The fourth-order valence-corrected chi connectivity index (χ4v) is 5.94. The van der Waals surface area contributed by atoms with E-state index in [0.29, 0.717) is 40.6 Å². The molecule has 9 heteroatoms. The van der Waals surface area contributed by atoms with Crippen LogP contribution in [0.4, 0.5) is 0 Å². The number of carbonyl (C=O) groups excluding carboxylic acids is 2. The van der Waals surface area contributed by atoms with Crippen LogP contribution in [-0.4, -0.2) is 52.6 Å². The van der Waals surface area contributed by atoms with Gasteiger partial charge in [0.05, 0.1) is 16.0 Å². The van der Waals surface area contributed by atoms with Crippen LogP contribution < -0.4 is 0 Å². The average molecular weight is 436 g/mol. The van der Waals surface area contributed by atoms with Crippen LogP contribution >= 0.6 is 11.8 Å². The van der Waals surface area contributed by atoms with Crippen molar-refractivity contribution in [1.29, 1.82) is 0 Å². The number of rotatable bonds is 7.